The fourth-order valence-electron chi connectivity index (χ4n) is 2.62. The molecule has 1 aliphatic rings. The maximum atomic E-state index is 11.9. The molecule has 2 rings (SSSR count). The van der Waals surface area contributed by atoms with E-state index in [1.807, 2.05) is 18.2 Å². The van der Waals surface area contributed by atoms with Crippen molar-refractivity contribution in [3.05, 3.63) is 34.9 Å². The van der Waals surface area contributed by atoms with Gasteiger partial charge in [-0.2, -0.15) is 0 Å². The van der Waals surface area contributed by atoms with Crippen LogP contribution in [0.4, 0.5) is 4.79 Å². The van der Waals surface area contributed by atoms with Gasteiger partial charge in [-0.1, -0.05) is 29.8 Å². The molecule has 2 amide bonds. The standard InChI is InChI=1S/C17H24ClN3O3/c1-2-24-17(23)21-9-7-14(8-10-21)19-12-16(22)20-11-13-5-3-4-6-15(13)18/h3-6,14,19H,2,7-12H2,1H3,(H,20,22). The predicted octanol–water partition coefficient (Wildman–Crippen LogP) is 2.17. The molecule has 0 unspecified atom stereocenters. The predicted molar refractivity (Wildman–Crippen MR) is 92.9 cm³/mol. The van der Waals surface area contributed by atoms with Crippen LogP contribution in [0.5, 0.6) is 0 Å². The van der Waals surface area contributed by atoms with Gasteiger partial charge in [0.2, 0.25) is 5.91 Å². The van der Waals surface area contributed by atoms with E-state index in [0.717, 1.165) is 18.4 Å². The van der Waals surface area contributed by atoms with Gasteiger partial charge in [0.1, 0.15) is 0 Å². The number of hydrogen-bond donors (Lipinski definition) is 2. The molecule has 0 bridgehead atoms. The highest BCUT2D eigenvalue weighted by Crippen LogP contribution is 2.14. The number of ether oxygens (including phenoxy) is 1. The Labute approximate surface area is 147 Å². The summed E-state index contributed by atoms with van der Waals surface area (Å²) in [6, 6.07) is 7.68. The smallest absolute Gasteiger partial charge is 0.409 e. The van der Waals surface area contributed by atoms with Crippen molar-refractivity contribution in [1.29, 1.82) is 0 Å². The molecule has 6 nitrogen and oxygen atoms in total. The molecule has 1 saturated heterocycles. The van der Waals surface area contributed by atoms with E-state index in [-0.39, 0.29) is 24.6 Å². The van der Waals surface area contributed by atoms with Crippen molar-refractivity contribution >= 4 is 23.6 Å². The van der Waals surface area contributed by atoms with Crippen molar-refractivity contribution in [3.63, 3.8) is 0 Å². The summed E-state index contributed by atoms with van der Waals surface area (Å²) in [5, 5.41) is 6.74. The monoisotopic (exact) mass is 353 g/mol. The van der Waals surface area contributed by atoms with Crippen LogP contribution in [-0.2, 0) is 16.1 Å². The molecule has 1 heterocycles. The average Bonchev–Trinajstić information content (AvgIpc) is 2.60. The van der Waals surface area contributed by atoms with E-state index in [0.29, 0.717) is 31.3 Å². The molecule has 0 atom stereocenters. The number of hydrogen-bond acceptors (Lipinski definition) is 4. The van der Waals surface area contributed by atoms with E-state index in [2.05, 4.69) is 10.6 Å². The van der Waals surface area contributed by atoms with E-state index >= 15 is 0 Å². The molecule has 24 heavy (non-hydrogen) atoms. The van der Waals surface area contributed by atoms with Crippen molar-refractivity contribution in [2.24, 2.45) is 0 Å². The van der Waals surface area contributed by atoms with Crippen molar-refractivity contribution in [1.82, 2.24) is 15.5 Å². The van der Waals surface area contributed by atoms with Crippen molar-refractivity contribution in [3.8, 4) is 0 Å². The number of carbonyl (C=O) groups excluding carboxylic acids is 2. The van der Waals surface area contributed by atoms with Gasteiger partial charge in [-0.15, -0.1) is 0 Å². The molecule has 1 fully saturated rings. The lowest BCUT2D eigenvalue weighted by Crippen LogP contribution is -2.47. The maximum Gasteiger partial charge on any atom is 0.409 e. The van der Waals surface area contributed by atoms with E-state index in [4.69, 9.17) is 16.3 Å². The normalized spacial score (nSPS) is 15.2. The minimum Gasteiger partial charge on any atom is -0.450 e. The molecule has 0 radical (unpaired) electrons. The fraction of sp³-hybridized carbons (Fsp3) is 0.529. The first kappa shape index (κ1) is 18.5. The molecular weight excluding hydrogens is 330 g/mol. The second-order valence-corrected chi connectivity index (χ2v) is 6.12. The maximum absolute atomic E-state index is 11.9. The highest BCUT2D eigenvalue weighted by molar-refractivity contribution is 6.31. The van der Waals surface area contributed by atoms with Gasteiger partial charge in [0.15, 0.2) is 0 Å². The van der Waals surface area contributed by atoms with Gasteiger partial charge in [-0.05, 0) is 31.4 Å². The minimum atomic E-state index is -0.256. The third-order valence-electron chi connectivity index (χ3n) is 4.01. The first-order valence-electron chi connectivity index (χ1n) is 8.25. The van der Waals surface area contributed by atoms with Crippen LogP contribution in [0.25, 0.3) is 0 Å². The number of amides is 2. The van der Waals surface area contributed by atoms with Crippen LogP contribution in [-0.4, -0.2) is 49.2 Å². The van der Waals surface area contributed by atoms with Crippen molar-refractivity contribution < 1.29 is 14.3 Å². The van der Waals surface area contributed by atoms with Gasteiger partial charge in [0, 0.05) is 30.7 Å². The number of likely N-dealkylation sites (tertiary alicyclic amines) is 1. The molecule has 0 aromatic heterocycles. The third-order valence-corrected chi connectivity index (χ3v) is 4.37. The summed E-state index contributed by atoms with van der Waals surface area (Å²) in [4.78, 5) is 25.3. The SMILES string of the molecule is CCOC(=O)N1CCC(NCC(=O)NCc2ccccc2Cl)CC1. The molecule has 1 aromatic rings. The Morgan fingerprint density at radius 3 is 2.67 bits per heavy atom. The quantitative estimate of drug-likeness (QED) is 0.822. The Morgan fingerprint density at radius 2 is 2.00 bits per heavy atom. The number of nitrogens with one attached hydrogen (secondary N) is 2. The molecule has 1 aromatic carbocycles. The van der Waals surface area contributed by atoms with Gasteiger partial charge in [-0.3, -0.25) is 4.79 Å². The number of nitrogens with zero attached hydrogens (tertiary/aromatic N) is 1. The van der Waals surface area contributed by atoms with E-state index < -0.39 is 0 Å². The molecule has 0 spiro atoms. The van der Waals surface area contributed by atoms with E-state index in [1.165, 1.54) is 0 Å². The zero-order valence-corrected chi connectivity index (χ0v) is 14.6. The van der Waals surface area contributed by atoms with E-state index in [1.54, 1.807) is 17.9 Å². The van der Waals surface area contributed by atoms with E-state index in [9.17, 15) is 9.59 Å². The highest BCUT2D eigenvalue weighted by Gasteiger charge is 2.23. The van der Waals surface area contributed by atoms with Gasteiger partial charge >= 0.3 is 6.09 Å². The summed E-state index contributed by atoms with van der Waals surface area (Å²) in [6.07, 6.45) is 1.38. The fourth-order valence-corrected chi connectivity index (χ4v) is 2.82. The van der Waals surface area contributed by atoms with Crippen LogP contribution in [0, 0.1) is 0 Å². The van der Waals surface area contributed by atoms with Gasteiger partial charge in [0.05, 0.1) is 13.2 Å². The second-order valence-electron chi connectivity index (χ2n) is 5.71. The van der Waals surface area contributed by atoms with Crippen molar-refractivity contribution in [2.45, 2.75) is 32.4 Å². The number of piperidine rings is 1. The summed E-state index contributed by atoms with van der Waals surface area (Å²) >= 11 is 6.06. The highest BCUT2D eigenvalue weighted by atomic mass is 35.5. The van der Waals surface area contributed by atoms with Crippen LogP contribution in [0.3, 0.4) is 0 Å². The lowest BCUT2D eigenvalue weighted by molar-refractivity contribution is -0.120. The summed E-state index contributed by atoms with van der Waals surface area (Å²) in [6.45, 7) is 4.17. The number of rotatable bonds is 6. The minimum absolute atomic E-state index is 0.0669. The molecule has 7 heteroatoms. The first-order valence-corrected chi connectivity index (χ1v) is 8.63. The lowest BCUT2D eigenvalue weighted by atomic mass is 10.1. The number of halogens is 1. The molecule has 2 N–H and O–H groups in total. The Morgan fingerprint density at radius 1 is 1.29 bits per heavy atom. The Balaban J connectivity index is 1.64. The van der Waals surface area contributed by atoms with Crippen LogP contribution in [0.1, 0.15) is 25.3 Å². The average molecular weight is 354 g/mol. The molecule has 0 aliphatic carbocycles. The molecule has 1 aliphatic heterocycles. The van der Waals surface area contributed by atoms with Crippen LogP contribution in [0.2, 0.25) is 5.02 Å². The summed E-state index contributed by atoms with van der Waals surface area (Å²) in [5.41, 5.74) is 0.898. The van der Waals surface area contributed by atoms with Crippen LogP contribution in [0.15, 0.2) is 24.3 Å². The van der Waals surface area contributed by atoms with Crippen LogP contribution < -0.4 is 10.6 Å². The molecular formula is C17H24ClN3O3. The van der Waals surface area contributed by atoms with Gasteiger partial charge in [0.25, 0.3) is 0 Å². The summed E-state index contributed by atoms with van der Waals surface area (Å²) in [5.74, 6) is -0.0669. The second kappa shape index (κ2) is 9.49. The lowest BCUT2D eigenvalue weighted by Gasteiger charge is -2.31. The first-order chi connectivity index (χ1) is 11.6. The summed E-state index contributed by atoms with van der Waals surface area (Å²) < 4.78 is 4.99. The van der Waals surface area contributed by atoms with Crippen molar-refractivity contribution in [2.75, 3.05) is 26.2 Å². The van der Waals surface area contributed by atoms with Gasteiger partial charge in [-0.25, -0.2) is 4.79 Å². The Bertz CT molecular complexity index is 560. The molecule has 0 saturated carbocycles. The largest absolute Gasteiger partial charge is 0.450 e. The third kappa shape index (κ3) is 5.69. The Hall–Kier alpha value is -1.79. The van der Waals surface area contributed by atoms with Crippen LogP contribution >= 0.6 is 11.6 Å². The topological polar surface area (TPSA) is 70.7 Å². The molecule has 132 valence electrons. The summed E-state index contributed by atoms with van der Waals surface area (Å²) in [7, 11) is 0. The van der Waals surface area contributed by atoms with Gasteiger partial charge < -0.3 is 20.3 Å². The zero-order valence-electron chi connectivity index (χ0n) is 13.9. The number of carbonyl (C=O) groups is 2. The number of benzene rings is 1. The zero-order chi connectivity index (χ0) is 17.4. The Kier molecular flexibility index (Phi) is 7.34.